The van der Waals surface area contributed by atoms with Crippen molar-refractivity contribution in [3.63, 3.8) is 0 Å². The van der Waals surface area contributed by atoms with Crippen LogP contribution in [0.25, 0.3) is 11.4 Å². The highest BCUT2D eigenvalue weighted by atomic mass is 35.5. The van der Waals surface area contributed by atoms with Gasteiger partial charge in [-0.3, -0.25) is 4.79 Å². The number of carbonyl (C=O) groups is 1. The lowest BCUT2D eigenvalue weighted by Crippen LogP contribution is -2.23. The standard InChI is InChI=1S/C19H17Cl2N3O3/c1-26-13-5-2-4-12(10-13)19-23-18(27-24-19)11-22-17(25)9-8-14-15(20)6-3-7-16(14)21/h2-7,10H,8-9,11H2,1H3,(H,22,25). The average molecular weight is 406 g/mol. The molecule has 3 rings (SSSR count). The number of nitrogens with one attached hydrogen (secondary N) is 1. The molecule has 0 saturated heterocycles. The lowest BCUT2D eigenvalue weighted by atomic mass is 10.1. The fourth-order valence-electron chi connectivity index (χ4n) is 2.48. The molecule has 0 atom stereocenters. The zero-order valence-electron chi connectivity index (χ0n) is 14.5. The molecule has 140 valence electrons. The number of ether oxygens (including phenoxy) is 1. The first-order chi connectivity index (χ1) is 13.1. The van der Waals surface area contributed by atoms with E-state index < -0.39 is 0 Å². The van der Waals surface area contributed by atoms with E-state index in [1.807, 2.05) is 18.2 Å². The molecule has 1 amide bonds. The van der Waals surface area contributed by atoms with Gasteiger partial charge in [0.15, 0.2) is 0 Å². The Labute approximate surface area is 166 Å². The molecule has 1 N–H and O–H groups in total. The van der Waals surface area contributed by atoms with Gasteiger partial charge < -0.3 is 14.6 Å². The van der Waals surface area contributed by atoms with Crippen molar-refractivity contribution in [1.82, 2.24) is 15.5 Å². The van der Waals surface area contributed by atoms with Crippen LogP contribution in [0.1, 0.15) is 17.9 Å². The highest BCUT2D eigenvalue weighted by Crippen LogP contribution is 2.25. The Kier molecular flexibility index (Phi) is 6.32. The van der Waals surface area contributed by atoms with Crippen molar-refractivity contribution in [1.29, 1.82) is 0 Å². The van der Waals surface area contributed by atoms with E-state index in [4.69, 9.17) is 32.5 Å². The van der Waals surface area contributed by atoms with Crippen LogP contribution < -0.4 is 10.1 Å². The summed E-state index contributed by atoms with van der Waals surface area (Å²) in [6, 6.07) is 12.6. The Hall–Kier alpha value is -2.57. The molecule has 3 aromatic rings. The molecule has 6 nitrogen and oxygen atoms in total. The maximum absolute atomic E-state index is 12.1. The van der Waals surface area contributed by atoms with Crippen molar-refractivity contribution in [2.24, 2.45) is 0 Å². The largest absolute Gasteiger partial charge is 0.497 e. The van der Waals surface area contributed by atoms with E-state index in [0.29, 0.717) is 33.9 Å². The third-order valence-corrected chi connectivity index (χ3v) is 4.60. The molecule has 0 aliphatic carbocycles. The zero-order valence-corrected chi connectivity index (χ0v) is 16.0. The second-order valence-corrected chi connectivity index (χ2v) is 6.54. The van der Waals surface area contributed by atoms with Gasteiger partial charge in [-0.2, -0.15) is 4.98 Å². The highest BCUT2D eigenvalue weighted by Gasteiger charge is 2.12. The van der Waals surface area contributed by atoms with Gasteiger partial charge >= 0.3 is 0 Å². The summed E-state index contributed by atoms with van der Waals surface area (Å²) in [5, 5.41) is 7.78. The predicted octanol–water partition coefficient (Wildman–Crippen LogP) is 4.30. The average Bonchev–Trinajstić information content (AvgIpc) is 3.15. The fourth-order valence-corrected chi connectivity index (χ4v) is 3.06. The van der Waals surface area contributed by atoms with Crippen LogP contribution in [0.2, 0.25) is 10.0 Å². The molecular formula is C19H17Cl2N3O3. The summed E-state index contributed by atoms with van der Waals surface area (Å²) < 4.78 is 10.4. The number of benzene rings is 2. The van der Waals surface area contributed by atoms with Gasteiger partial charge in [-0.25, -0.2) is 0 Å². The molecule has 0 aliphatic rings. The van der Waals surface area contributed by atoms with Crippen LogP contribution in [0.5, 0.6) is 5.75 Å². The number of carbonyl (C=O) groups excluding carboxylic acids is 1. The predicted molar refractivity (Wildman–Crippen MR) is 103 cm³/mol. The number of rotatable bonds is 7. The number of methoxy groups -OCH3 is 1. The first kappa shape index (κ1) is 19.2. The molecule has 0 aliphatic heterocycles. The van der Waals surface area contributed by atoms with E-state index in [1.54, 1.807) is 31.4 Å². The smallest absolute Gasteiger partial charge is 0.246 e. The van der Waals surface area contributed by atoms with Crippen LogP contribution in [0, 0.1) is 0 Å². The molecule has 0 spiro atoms. The number of hydrogen-bond acceptors (Lipinski definition) is 5. The van der Waals surface area contributed by atoms with Crippen molar-refractivity contribution >= 4 is 29.1 Å². The maximum atomic E-state index is 12.1. The van der Waals surface area contributed by atoms with E-state index in [9.17, 15) is 4.79 Å². The molecule has 1 heterocycles. The third kappa shape index (κ3) is 4.99. The summed E-state index contributed by atoms with van der Waals surface area (Å²) in [4.78, 5) is 16.4. The van der Waals surface area contributed by atoms with Gasteiger partial charge in [-0.15, -0.1) is 0 Å². The minimum Gasteiger partial charge on any atom is -0.497 e. The van der Waals surface area contributed by atoms with Crippen molar-refractivity contribution in [2.75, 3.05) is 7.11 Å². The lowest BCUT2D eigenvalue weighted by molar-refractivity contribution is -0.121. The Morgan fingerprint density at radius 1 is 1.19 bits per heavy atom. The lowest BCUT2D eigenvalue weighted by Gasteiger charge is -2.06. The third-order valence-electron chi connectivity index (χ3n) is 3.90. The van der Waals surface area contributed by atoms with E-state index >= 15 is 0 Å². The molecule has 27 heavy (non-hydrogen) atoms. The number of hydrogen-bond donors (Lipinski definition) is 1. The van der Waals surface area contributed by atoms with Gasteiger partial charge in [0, 0.05) is 22.0 Å². The van der Waals surface area contributed by atoms with Crippen LogP contribution in [0.4, 0.5) is 0 Å². The van der Waals surface area contributed by atoms with Crippen LogP contribution >= 0.6 is 23.2 Å². The Bertz CT molecular complexity index is 923. The second kappa shape index (κ2) is 8.88. The van der Waals surface area contributed by atoms with Crippen molar-refractivity contribution in [2.45, 2.75) is 19.4 Å². The first-order valence-electron chi connectivity index (χ1n) is 8.23. The van der Waals surface area contributed by atoms with Crippen LogP contribution in [0.15, 0.2) is 47.0 Å². The molecule has 0 saturated carbocycles. The number of halogens is 2. The monoisotopic (exact) mass is 405 g/mol. The zero-order chi connectivity index (χ0) is 19.2. The molecule has 1 aromatic heterocycles. The molecule has 8 heteroatoms. The number of nitrogens with zero attached hydrogens (tertiary/aromatic N) is 2. The minimum atomic E-state index is -0.160. The summed E-state index contributed by atoms with van der Waals surface area (Å²) in [6.45, 7) is 0.145. The van der Waals surface area contributed by atoms with Gasteiger partial charge in [0.1, 0.15) is 5.75 Å². The molecular weight excluding hydrogens is 389 g/mol. The summed E-state index contributed by atoms with van der Waals surface area (Å²) in [5.74, 6) is 1.29. The molecule has 0 radical (unpaired) electrons. The Balaban J connectivity index is 1.54. The second-order valence-electron chi connectivity index (χ2n) is 5.72. The van der Waals surface area contributed by atoms with E-state index in [0.717, 1.165) is 11.1 Å². The molecule has 0 fully saturated rings. The Morgan fingerprint density at radius 2 is 1.93 bits per heavy atom. The van der Waals surface area contributed by atoms with Crippen molar-refractivity contribution < 1.29 is 14.1 Å². The summed E-state index contributed by atoms with van der Waals surface area (Å²) in [5.41, 5.74) is 1.53. The van der Waals surface area contributed by atoms with E-state index in [1.165, 1.54) is 0 Å². The maximum Gasteiger partial charge on any atom is 0.246 e. The van der Waals surface area contributed by atoms with Gasteiger partial charge in [-0.1, -0.05) is 46.6 Å². The topological polar surface area (TPSA) is 77.3 Å². The number of aromatic nitrogens is 2. The van der Waals surface area contributed by atoms with Crippen molar-refractivity contribution in [3.05, 3.63) is 64.0 Å². The van der Waals surface area contributed by atoms with Crippen LogP contribution in [-0.4, -0.2) is 23.2 Å². The fraction of sp³-hybridized carbons (Fsp3) is 0.211. The summed E-state index contributed by atoms with van der Waals surface area (Å²) in [6.07, 6.45) is 0.698. The van der Waals surface area contributed by atoms with E-state index in [2.05, 4.69) is 15.5 Å². The minimum absolute atomic E-state index is 0.145. The Morgan fingerprint density at radius 3 is 2.67 bits per heavy atom. The van der Waals surface area contributed by atoms with Gasteiger partial charge in [-0.05, 0) is 36.2 Å². The van der Waals surface area contributed by atoms with Gasteiger partial charge in [0.2, 0.25) is 17.6 Å². The molecule has 0 bridgehead atoms. The van der Waals surface area contributed by atoms with Gasteiger partial charge in [0.25, 0.3) is 0 Å². The number of amides is 1. The van der Waals surface area contributed by atoms with Crippen LogP contribution in [0.3, 0.4) is 0 Å². The normalized spacial score (nSPS) is 10.6. The quantitative estimate of drug-likeness (QED) is 0.633. The van der Waals surface area contributed by atoms with Gasteiger partial charge in [0.05, 0.1) is 13.7 Å². The molecule has 0 unspecified atom stereocenters. The molecule has 2 aromatic carbocycles. The van der Waals surface area contributed by atoms with E-state index in [-0.39, 0.29) is 18.9 Å². The van der Waals surface area contributed by atoms with Crippen LogP contribution in [-0.2, 0) is 17.8 Å². The first-order valence-corrected chi connectivity index (χ1v) is 8.99. The van der Waals surface area contributed by atoms with Crippen molar-refractivity contribution in [3.8, 4) is 17.1 Å². The summed E-state index contributed by atoms with van der Waals surface area (Å²) >= 11 is 12.2. The SMILES string of the molecule is COc1cccc(-c2noc(CNC(=O)CCc3c(Cl)cccc3Cl)n2)c1. The highest BCUT2D eigenvalue weighted by molar-refractivity contribution is 6.36. The summed E-state index contributed by atoms with van der Waals surface area (Å²) in [7, 11) is 1.59.